The van der Waals surface area contributed by atoms with Gasteiger partial charge in [-0.05, 0) is 34.6 Å². The molecular formula is C18H29N3O5. The molecule has 1 rings (SSSR count). The van der Waals surface area contributed by atoms with E-state index in [4.69, 9.17) is 0 Å². The normalized spacial score (nSPS) is 11.2. The van der Waals surface area contributed by atoms with Gasteiger partial charge in [-0.2, -0.15) is 5.10 Å². The van der Waals surface area contributed by atoms with Crippen LogP contribution in [0.2, 0.25) is 0 Å². The van der Waals surface area contributed by atoms with Gasteiger partial charge in [0.05, 0.1) is 31.6 Å². The first-order valence-electron chi connectivity index (χ1n) is 7.97. The smallest absolute Gasteiger partial charge is 0.342 e. The van der Waals surface area contributed by atoms with Gasteiger partial charge < -0.3 is 14.4 Å². The molecule has 0 aliphatic rings. The average Bonchev–Trinajstić information content (AvgIpc) is 2.93. The molecule has 0 bridgehead atoms. The zero-order chi connectivity index (χ0) is 20.7. The molecule has 1 heterocycles. The van der Waals surface area contributed by atoms with E-state index in [1.54, 1.807) is 25.2 Å². The van der Waals surface area contributed by atoms with Crippen LogP contribution in [0.25, 0.3) is 0 Å². The number of Topliss-reactive ketones (excluding diaryl/α,β-unsaturated/α-hetero) is 1. The molecule has 0 amide bonds. The highest BCUT2D eigenvalue weighted by atomic mass is 16.5. The number of aromatic nitrogens is 2. The fourth-order valence-corrected chi connectivity index (χ4v) is 2.05. The maximum Gasteiger partial charge on any atom is 0.342 e. The molecular weight excluding hydrogens is 338 g/mol. The van der Waals surface area contributed by atoms with E-state index >= 15 is 0 Å². The lowest BCUT2D eigenvalue weighted by Crippen LogP contribution is -2.24. The Hall–Kier alpha value is -2.64. The van der Waals surface area contributed by atoms with Gasteiger partial charge in [0.1, 0.15) is 11.1 Å². The highest BCUT2D eigenvalue weighted by Crippen LogP contribution is 2.18. The summed E-state index contributed by atoms with van der Waals surface area (Å²) >= 11 is 0. The van der Waals surface area contributed by atoms with Crippen molar-refractivity contribution in [1.82, 2.24) is 14.7 Å². The molecule has 0 atom stereocenters. The Morgan fingerprint density at radius 2 is 1.69 bits per heavy atom. The zero-order valence-electron chi connectivity index (χ0n) is 17.0. The number of rotatable bonds is 4. The lowest BCUT2D eigenvalue weighted by Gasteiger charge is -2.21. The van der Waals surface area contributed by atoms with E-state index in [0.29, 0.717) is 5.56 Å². The molecule has 0 aromatic carbocycles. The Bertz CT molecular complexity index is 681. The quantitative estimate of drug-likeness (QED) is 0.347. The summed E-state index contributed by atoms with van der Waals surface area (Å²) in [5.41, 5.74) is 1.31. The number of nitrogens with zero attached hydrogens (tertiary/aromatic N) is 3. The lowest BCUT2D eigenvalue weighted by atomic mass is 10.1. The van der Waals surface area contributed by atoms with E-state index in [1.807, 2.05) is 32.4 Å². The molecule has 0 saturated heterocycles. The fraction of sp³-hybridized carbons (Fsp3) is 0.556. The molecule has 0 fully saturated rings. The van der Waals surface area contributed by atoms with Crippen molar-refractivity contribution in [2.45, 2.75) is 40.2 Å². The van der Waals surface area contributed by atoms with Crippen LogP contribution in [0.4, 0.5) is 0 Å². The van der Waals surface area contributed by atoms with Gasteiger partial charge in [-0.15, -0.1) is 0 Å². The number of hydrogen-bond donors (Lipinski definition) is 0. The molecule has 146 valence electrons. The zero-order valence-corrected chi connectivity index (χ0v) is 17.0. The molecule has 8 nitrogen and oxygen atoms in total. The third-order valence-electron chi connectivity index (χ3n) is 3.22. The second-order valence-corrected chi connectivity index (χ2v) is 6.77. The summed E-state index contributed by atoms with van der Waals surface area (Å²) in [6.45, 7) is 9.30. The van der Waals surface area contributed by atoms with E-state index in [2.05, 4.69) is 14.6 Å². The Morgan fingerprint density at radius 3 is 2.00 bits per heavy atom. The van der Waals surface area contributed by atoms with E-state index in [1.165, 1.54) is 27.3 Å². The number of esters is 2. The van der Waals surface area contributed by atoms with Crippen LogP contribution >= 0.6 is 0 Å². The molecule has 1 aromatic rings. The van der Waals surface area contributed by atoms with Crippen LogP contribution in [-0.2, 0) is 24.6 Å². The maximum atomic E-state index is 11.3. The molecule has 1 aromatic heterocycles. The summed E-state index contributed by atoms with van der Waals surface area (Å²) in [6.07, 6.45) is 2.99. The van der Waals surface area contributed by atoms with E-state index in [9.17, 15) is 14.4 Å². The molecule has 0 N–H and O–H groups in total. The predicted molar refractivity (Wildman–Crippen MR) is 97.8 cm³/mol. The van der Waals surface area contributed by atoms with Gasteiger partial charge in [0.2, 0.25) is 0 Å². The first kappa shape index (κ1) is 23.4. The number of hydrogen-bond acceptors (Lipinski definition) is 7. The summed E-state index contributed by atoms with van der Waals surface area (Å²) in [6, 6.07) is 0. The fourth-order valence-electron chi connectivity index (χ4n) is 2.05. The van der Waals surface area contributed by atoms with Gasteiger partial charge in [-0.1, -0.05) is 0 Å². The Labute approximate surface area is 154 Å². The van der Waals surface area contributed by atoms with Crippen molar-refractivity contribution >= 4 is 17.7 Å². The van der Waals surface area contributed by atoms with Gasteiger partial charge in [-0.3, -0.25) is 9.48 Å². The van der Waals surface area contributed by atoms with E-state index in [0.717, 1.165) is 5.69 Å². The van der Waals surface area contributed by atoms with E-state index < -0.39 is 5.97 Å². The molecule has 0 saturated carbocycles. The summed E-state index contributed by atoms with van der Waals surface area (Å²) < 4.78 is 10.9. The monoisotopic (exact) mass is 367 g/mol. The molecule has 0 aliphatic carbocycles. The van der Waals surface area contributed by atoms with Gasteiger partial charge in [0, 0.05) is 20.3 Å². The number of ether oxygens (including phenoxy) is 2. The van der Waals surface area contributed by atoms with Crippen molar-refractivity contribution in [3.05, 3.63) is 29.2 Å². The van der Waals surface area contributed by atoms with Crippen molar-refractivity contribution in [2.24, 2.45) is 0 Å². The van der Waals surface area contributed by atoms with Crippen molar-refractivity contribution in [2.75, 3.05) is 28.3 Å². The molecule has 0 aliphatic heterocycles. The van der Waals surface area contributed by atoms with Crippen molar-refractivity contribution in [1.29, 1.82) is 0 Å². The summed E-state index contributed by atoms with van der Waals surface area (Å²) in [4.78, 5) is 34.8. The SMILES string of the molecule is COC(=O)C(=CN(C)C)C(C)=O.COC(=O)c1cnn(C(C)(C)C)c1C. The number of ketones is 1. The Morgan fingerprint density at radius 1 is 1.15 bits per heavy atom. The second kappa shape index (κ2) is 9.74. The number of methoxy groups -OCH3 is 2. The third kappa shape index (κ3) is 6.70. The number of carbonyl (C=O) groups is 3. The molecule has 0 spiro atoms. The largest absolute Gasteiger partial charge is 0.465 e. The summed E-state index contributed by atoms with van der Waals surface area (Å²) in [5, 5.41) is 4.17. The van der Waals surface area contributed by atoms with Gasteiger partial charge >= 0.3 is 11.9 Å². The van der Waals surface area contributed by atoms with Gasteiger partial charge in [0.15, 0.2) is 5.78 Å². The van der Waals surface area contributed by atoms with Crippen molar-refractivity contribution in [3.63, 3.8) is 0 Å². The van der Waals surface area contributed by atoms with Crippen LogP contribution in [0.15, 0.2) is 18.0 Å². The molecule has 0 unspecified atom stereocenters. The predicted octanol–water partition coefficient (Wildman–Crippen LogP) is 1.93. The summed E-state index contributed by atoms with van der Waals surface area (Å²) in [5.74, 6) is -1.23. The third-order valence-corrected chi connectivity index (χ3v) is 3.22. The second-order valence-electron chi connectivity index (χ2n) is 6.77. The van der Waals surface area contributed by atoms with Gasteiger partial charge in [-0.25, -0.2) is 9.59 Å². The first-order valence-corrected chi connectivity index (χ1v) is 7.97. The van der Waals surface area contributed by atoms with Crippen LogP contribution < -0.4 is 0 Å². The minimum atomic E-state index is -0.601. The maximum absolute atomic E-state index is 11.3. The highest BCUT2D eigenvalue weighted by molar-refractivity contribution is 6.16. The topological polar surface area (TPSA) is 90.7 Å². The molecule has 26 heavy (non-hydrogen) atoms. The Kier molecular flexibility index (Phi) is 8.75. The summed E-state index contributed by atoms with van der Waals surface area (Å²) in [7, 11) is 6.07. The molecule has 8 heteroatoms. The van der Waals surface area contributed by atoms with Crippen molar-refractivity contribution in [3.8, 4) is 0 Å². The highest BCUT2D eigenvalue weighted by Gasteiger charge is 2.21. The first-order chi connectivity index (χ1) is 11.9. The number of carbonyl (C=O) groups excluding carboxylic acids is 3. The van der Waals surface area contributed by atoms with Crippen LogP contribution in [0.1, 0.15) is 43.7 Å². The van der Waals surface area contributed by atoms with Crippen LogP contribution in [0, 0.1) is 6.92 Å². The van der Waals surface area contributed by atoms with Crippen LogP contribution in [0.5, 0.6) is 0 Å². The standard InChI is InChI=1S/C10H16N2O2.C8H13NO3/c1-7-8(9(13)14-5)6-11-12(7)10(2,3)4;1-6(10)7(5-9(2)3)8(11)12-4/h6H,1-5H3;5H,1-4H3. The van der Waals surface area contributed by atoms with Crippen LogP contribution in [0.3, 0.4) is 0 Å². The van der Waals surface area contributed by atoms with Crippen LogP contribution in [-0.4, -0.2) is 60.7 Å². The molecule has 0 radical (unpaired) electrons. The minimum Gasteiger partial charge on any atom is -0.465 e. The van der Waals surface area contributed by atoms with Gasteiger partial charge in [0.25, 0.3) is 0 Å². The van der Waals surface area contributed by atoms with Crippen molar-refractivity contribution < 1.29 is 23.9 Å². The Balaban J connectivity index is 0.000000488. The lowest BCUT2D eigenvalue weighted by molar-refractivity contribution is -0.137. The average molecular weight is 367 g/mol. The minimum absolute atomic E-state index is 0.0579. The van der Waals surface area contributed by atoms with E-state index in [-0.39, 0.29) is 22.9 Å².